The summed E-state index contributed by atoms with van der Waals surface area (Å²) in [7, 11) is 0. The molecule has 2 bridgehead atoms. The van der Waals surface area contributed by atoms with Crippen LogP contribution in [0, 0.1) is 24.7 Å². The molecule has 2 amide bonds. The van der Waals surface area contributed by atoms with Crippen molar-refractivity contribution >= 4 is 46.8 Å². The Balaban J connectivity index is 1.75. The first-order valence-corrected chi connectivity index (χ1v) is 15.0. The van der Waals surface area contributed by atoms with E-state index in [1.165, 1.54) is 0 Å². The number of aliphatic hydroxyl groups excluding tert-OH is 1. The van der Waals surface area contributed by atoms with Crippen molar-refractivity contribution in [3.05, 3.63) is 54.1 Å². The molecule has 0 radical (unpaired) electrons. The van der Waals surface area contributed by atoms with Crippen LogP contribution in [0.1, 0.15) is 44.6 Å². The number of benzene rings is 1. The third-order valence-electron chi connectivity index (χ3n) is 8.39. The van der Waals surface area contributed by atoms with Gasteiger partial charge in [-0.25, -0.2) is 0 Å². The monoisotopic (exact) mass is 574 g/mol. The van der Waals surface area contributed by atoms with Gasteiger partial charge in [-0.05, 0) is 56.6 Å². The maximum atomic E-state index is 14.7. The highest BCUT2D eigenvalue weighted by molar-refractivity contribution is 8.02. The van der Waals surface area contributed by atoms with Crippen LogP contribution in [-0.4, -0.2) is 70.1 Å². The zero-order valence-corrected chi connectivity index (χ0v) is 24.4. The van der Waals surface area contributed by atoms with Crippen molar-refractivity contribution in [2.24, 2.45) is 17.8 Å². The van der Waals surface area contributed by atoms with Crippen LogP contribution in [0.25, 0.3) is 0 Å². The van der Waals surface area contributed by atoms with E-state index in [1.54, 1.807) is 39.8 Å². The van der Waals surface area contributed by atoms with E-state index >= 15 is 0 Å². The number of allylic oxidation sites excluding steroid dienone is 1. The summed E-state index contributed by atoms with van der Waals surface area (Å²) in [6.45, 7) is 12.4. The summed E-state index contributed by atoms with van der Waals surface area (Å²) >= 11 is 8.25. The van der Waals surface area contributed by atoms with Crippen molar-refractivity contribution < 1.29 is 24.2 Å². The van der Waals surface area contributed by atoms with Gasteiger partial charge in [0, 0.05) is 24.9 Å². The smallest absolute Gasteiger partial charge is 0.310 e. The second kappa shape index (κ2) is 12.5. The largest absolute Gasteiger partial charge is 0.465 e. The van der Waals surface area contributed by atoms with E-state index in [0.717, 1.165) is 18.4 Å². The molecule has 212 valence electrons. The molecule has 6 atom stereocenters. The van der Waals surface area contributed by atoms with Crippen molar-refractivity contribution in [1.82, 2.24) is 4.90 Å². The number of aryl methyl sites for hydroxylation is 1. The summed E-state index contributed by atoms with van der Waals surface area (Å²) in [5, 5.41) is 9.79. The molecule has 1 spiro atoms. The van der Waals surface area contributed by atoms with Gasteiger partial charge in [0.2, 0.25) is 5.91 Å². The zero-order valence-electron chi connectivity index (χ0n) is 22.8. The van der Waals surface area contributed by atoms with Crippen LogP contribution in [0.3, 0.4) is 0 Å². The van der Waals surface area contributed by atoms with Crippen LogP contribution < -0.4 is 4.90 Å². The van der Waals surface area contributed by atoms with Gasteiger partial charge in [-0.1, -0.05) is 42.8 Å². The number of thioether (sulfide) groups is 1. The number of anilines is 1. The second-order valence-corrected chi connectivity index (χ2v) is 12.7. The topological polar surface area (TPSA) is 87.1 Å². The Morgan fingerprint density at radius 3 is 2.72 bits per heavy atom. The van der Waals surface area contributed by atoms with E-state index in [2.05, 4.69) is 20.1 Å². The number of esters is 1. The average Bonchev–Trinajstić information content (AvgIpc) is 3.49. The molecule has 0 saturated carbocycles. The van der Waals surface area contributed by atoms with Gasteiger partial charge in [-0.2, -0.15) is 0 Å². The first-order valence-electron chi connectivity index (χ1n) is 13.8. The van der Waals surface area contributed by atoms with Crippen LogP contribution in [0.4, 0.5) is 5.69 Å². The van der Waals surface area contributed by atoms with Gasteiger partial charge in [-0.15, -0.1) is 24.9 Å². The van der Waals surface area contributed by atoms with Crippen LogP contribution >= 0.6 is 23.4 Å². The molecule has 1 N–H and O–H groups in total. The standard InChI is InChI=1S/C30H39ClN2O5S/c1-5-7-10-17-38-29(37)23-22-18-20(4)30(39-22)24(23)27(35)33(15-8-9-16-34)26(30)28(36)32(14-6-2)25-19(3)12-11-13-21(25)31/h5-6,11-13,20,22-24,26,34H,1-2,7-10,14-18H2,3-4H3/t20?,22-,23+,24+,26?,30?/m1/s1. The van der Waals surface area contributed by atoms with Gasteiger partial charge >= 0.3 is 5.97 Å². The Labute approximate surface area is 240 Å². The summed E-state index contributed by atoms with van der Waals surface area (Å²) in [5.74, 6) is -1.92. The second-order valence-electron chi connectivity index (χ2n) is 10.8. The predicted molar refractivity (Wildman–Crippen MR) is 156 cm³/mol. The molecule has 39 heavy (non-hydrogen) atoms. The Kier molecular flexibility index (Phi) is 9.50. The summed E-state index contributed by atoms with van der Waals surface area (Å²) in [5.41, 5.74) is 1.45. The Bertz CT molecular complexity index is 1110. The van der Waals surface area contributed by atoms with Crippen molar-refractivity contribution in [3.8, 4) is 0 Å². The zero-order chi connectivity index (χ0) is 28.3. The molecule has 1 aromatic carbocycles. The minimum Gasteiger partial charge on any atom is -0.465 e. The lowest BCUT2D eigenvalue weighted by Gasteiger charge is -2.40. The lowest BCUT2D eigenvalue weighted by atomic mass is 9.66. The molecule has 3 fully saturated rings. The molecular formula is C30H39ClN2O5S. The average molecular weight is 575 g/mol. The number of unbranched alkanes of at least 4 members (excludes halogenated alkanes) is 2. The number of likely N-dealkylation sites (tertiary alicyclic amines) is 1. The normalized spacial score (nSPS) is 28.9. The molecule has 3 aliphatic heterocycles. The van der Waals surface area contributed by atoms with Gasteiger partial charge in [0.25, 0.3) is 5.91 Å². The fourth-order valence-corrected chi connectivity index (χ4v) is 9.46. The molecule has 0 aromatic heterocycles. The molecule has 3 heterocycles. The van der Waals surface area contributed by atoms with Crippen molar-refractivity contribution in [2.75, 3.05) is 31.2 Å². The number of hydrogen-bond donors (Lipinski definition) is 1. The number of rotatable bonds is 13. The van der Waals surface area contributed by atoms with Crippen LogP contribution in [0.2, 0.25) is 5.02 Å². The van der Waals surface area contributed by atoms with E-state index in [0.29, 0.717) is 36.5 Å². The Morgan fingerprint density at radius 2 is 2.05 bits per heavy atom. The van der Waals surface area contributed by atoms with Crippen molar-refractivity contribution in [1.29, 1.82) is 0 Å². The summed E-state index contributed by atoms with van der Waals surface area (Å²) in [4.78, 5) is 45.5. The summed E-state index contributed by atoms with van der Waals surface area (Å²) in [6, 6.07) is 4.73. The van der Waals surface area contributed by atoms with Gasteiger partial charge in [0.1, 0.15) is 6.04 Å². The number of amides is 2. The fourth-order valence-electron chi connectivity index (χ4n) is 6.73. The minimum absolute atomic E-state index is 0.00348. The number of halogens is 1. The third-order valence-corrected chi connectivity index (χ3v) is 10.8. The Morgan fingerprint density at radius 1 is 1.28 bits per heavy atom. The molecule has 3 saturated heterocycles. The molecule has 1 aromatic rings. The fraction of sp³-hybridized carbons (Fsp3) is 0.567. The molecule has 4 rings (SSSR count). The van der Waals surface area contributed by atoms with E-state index in [-0.39, 0.29) is 48.7 Å². The number of carbonyl (C=O) groups excluding carboxylic acids is 3. The van der Waals surface area contributed by atoms with E-state index in [1.807, 2.05) is 19.1 Å². The number of carbonyl (C=O) groups is 3. The van der Waals surface area contributed by atoms with Crippen molar-refractivity contribution in [2.45, 2.75) is 62.0 Å². The van der Waals surface area contributed by atoms with E-state index < -0.39 is 22.6 Å². The highest BCUT2D eigenvalue weighted by Gasteiger charge is 2.76. The number of hydrogen-bond acceptors (Lipinski definition) is 6. The van der Waals surface area contributed by atoms with Gasteiger partial charge < -0.3 is 19.6 Å². The van der Waals surface area contributed by atoms with Gasteiger partial charge in [0.15, 0.2) is 0 Å². The first-order chi connectivity index (χ1) is 18.7. The van der Waals surface area contributed by atoms with Gasteiger partial charge in [-0.3, -0.25) is 14.4 Å². The number of nitrogens with zero attached hydrogens (tertiary/aromatic N) is 2. The van der Waals surface area contributed by atoms with Crippen LogP contribution in [0.15, 0.2) is 43.5 Å². The lowest BCUT2D eigenvalue weighted by molar-refractivity contribution is -0.154. The summed E-state index contributed by atoms with van der Waals surface area (Å²) < 4.78 is 4.90. The maximum Gasteiger partial charge on any atom is 0.310 e. The van der Waals surface area contributed by atoms with Crippen molar-refractivity contribution in [3.63, 3.8) is 0 Å². The highest BCUT2D eigenvalue weighted by Crippen LogP contribution is 2.69. The van der Waals surface area contributed by atoms with Gasteiger partial charge in [0.05, 0.1) is 33.9 Å². The SMILES string of the molecule is C=CCCCOC(=O)[C@@H]1[C@H]2C(=O)N(CCCCO)C(C(=O)N(CC=C)c3c(C)cccc3Cl)C23S[C@@H]1CC3C. The highest BCUT2D eigenvalue weighted by atomic mass is 35.5. The van der Waals surface area contributed by atoms with E-state index in [9.17, 15) is 19.5 Å². The summed E-state index contributed by atoms with van der Waals surface area (Å²) in [6.07, 6.45) is 6.69. The third kappa shape index (κ3) is 5.16. The molecular weight excluding hydrogens is 536 g/mol. The Hall–Kier alpha value is -2.29. The molecule has 7 nitrogen and oxygen atoms in total. The number of fused-ring (bicyclic) bond motifs is 1. The molecule has 9 heteroatoms. The number of para-hydroxylation sites is 1. The molecule has 3 unspecified atom stereocenters. The maximum absolute atomic E-state index is 14.7. The molecule has 0 aliphatic carbocycles. The molecule has 3 aliphatic rings. The predicted octanol–water partition coefficient (Wildman–Crippen LogP) is 4.79. The number of ether oxygens (including phenoxy) is 1. The van der Waals surface area contributed by atoms with E-state index in [4.69, 9.17) is 16.3 Å². The lowest BCUT2D eigenvalue weighted by Crippen LogP contribution is -2.57. The quantitative estimate of drug-likeness (QED) is 0.207. The minimum atomic E-state index is -0.770. The number of aliphatic hydroxyl groups is 1. The van der Waals surface area contributed by atoms with Crippen LogP contribution in [0.5, 0.6) is 0 Å². The first kappa shape index (κ1) is 29.7. The van der Waals surface area contributed by atoms with Crippen LogP contribution in [-0.2, 0) is 19.1 Å².